The highest BCUT2D eigenvalue weighted by Gasteiger charge is 2.49. The molecule has 0 amide bonds. The van der Waals surface area contributed by atoms with Crippen LogP contribution in [-0.2, 0) is 6.54 Å². The SMILES string of the molecule is Cc1sccc1CNC1C2CCN(C2)C1C(c1ccccc1)c1ccccc1. The third-order valence-electron chi connectivity index (χ3n) is 6.71. The lowest BCUT2D eigenvalue weighted by Gasteiger charge is -2.39. The molecule has 2 bridgehead atoms. The van der Waals surface area contributed by atoms with Gasteiger partial charge >= 0.3 is 0 Å². The molecule has 5 rings (SSSR count). The van der Waals surface area contributed by atoms with Crippen molar-refractivity contribution in [2.24, 2.45) is 5.92 Å². The van der Waals surface area contributed by atoms with Crippen LogP contribution < -0.4 is 5.32 Å². The number of hydrogen-bond acceptors (Lipinski definition) is 3. The lowest BCUT2D eigenvalue weighted by atomic mass is 9.78. The Labute approximate surface area is 172 Å². The zero-order chi connectivity index (χ0) is 18.9. The minimum Gasteiger partial charge on any atom is -0.308 e. The van der Waals surface area contributed by atoms with Crippen molar-refractivity contribution >= 4 is 11.3 Å². The van der Waals surface area contributed by atoms with E-state index in [0.29, 0.717) is 18.0 Å². The van der Waals surface area contributed by atoms with E-state index >= 15 is 0 Å². The molecule has 2 aliphatic rings. The molecule has 0 aliphatic carbocycles. The van der Waals surface area contributed by atoms with Gasteiger partial charge in [-0.25, -0.2) is 0 Å². The Hall–Kier alpha value is -1.94. The summed E-state index contributed by atoms with van der Waals surface area (Å²) in [6, 6.07) is 25.6. The molecule has 4 atom stereocenters. The highest BCUT2D eigenvalue weighted by Crippen LogP contribution is 2.43. The summed E-state index contributed by atoms with van der Waals surface area (Å²) >= 11 is 1.85. The van der Waals surface area contributed by atoms with Crippen molar-refractivity contribution in [1.29, 1.82) is 0 Å². The molecule has 2 fully saturated rings. The molecule has 28 heavy (non-hydrogen) atoms. The fourth-order valence-electron chi connectivity index (χ4n) is 5.32. The van der Waals surface area contributed by atoms with Crippen LogP contribution in [0.25, 0.3) is 0 Å². The van der Waals surface area contributed by atoms with E-state index < -0.39 is 0 Å². The van der Waals surface area contributed by atoms with Crippen molar-refractivity contribution in [3.8, 4) is 0 Å². The molecular weight excluding hydrogens is 360 g/mol. The zero-order valence-corrected chi connectivity index (χ0v) is 17.2. The third-order valence-corrected chi connectivity index (χ3v) is 7.59. The van der Waals surface area contributed by atoms with Gasteiger partial charge in [-0.2, -0.15) is 0 Å². The lowest BCUT2D eigenvalue weighted by Crippen LogP contribution is -2.50. The van der Waals surface area contributed by atoms with E-state index in [2.05, 4.69) is 89.3 Å². The Bertz CT molecular complexity index is 865. The van der Waals surface area contributed by atoms with Crippen molar-refractivity contribution in [3.05, 3.63) is 93.7 Å². The number of nitrogens with one attached hydrogen (secondary N) is 1. The highest BCUT2D eigenvalue weighted by atomic mass is 32.1. The molecular formula is C25H28N2S. The maximum absolute atomic E-state index is 3.99. The second-order valence-electron chi connectivity index (χ2n) is 8.24. The molecule has 2 saturated heterocycles. The number of thiophene rings is 1. The molecule has 3 heterocycles. The summed E-state index contributed by atoms with van der Waals surface area (Å²) in [7, 11) is 0. The standard InChI is InChI=1S/C25H28N2S/c1-18-21(13-15-28-18)16-26-24-22-12-14-27(17-22)25(24)23(19-8-4-2-5-9-19)20-10-6-3-7-11-20/h2-11,13,15,22-26H,12,14,16-17H2,1H3. The molecule has 1 aromatic heterocycles. The molecule has 4 unspecified atom stereocenters. The number of piperidine rings is 1. The second kappa shape index (κ2) is 7.82. The van der Waals surface area contributed by atoms with Crippen LogP contribution in [-0.4, -0.2) is 30.1 Å². The molecule has 3 aromatic rings. The maximum Gasteiger partial charge on any atom is 0.0362 e. The Balaban J connectivity index is 1.48. The van der Waals surface area contributed by atoms with Gasteiger partial charge in [0.15, 0.2) is 0 Å². The van der Waals surface area contributed by atoms with Crippen LogP contribution in [0.4, 0.5) is 0 Å². The first-order valence-corrected chi connectivity index (χ1v) is 11.3. The lowest BCUT2D eigenvalue weighted by molar-refractivity contribution is 0.197. The summed E-state index contributed by atoms with van der Waals surface area (Å²) in [6.07, 6.45) is 1.33. The van der Waals surface area contributed by atoms with E-state index in [4.69, 9.17) is 0 Å². The smallest absolute Gasteiger partial charge is 0.0362 e. The normalized spacial score (nSPS) is 26.2. The Kier molecular flexibility index (Phi) is 5.06. The second-order valence-corrected chi connectivity index (χ2v) is 9.36. The highest BCUT2D eigenvalue weighted by molar-refractivity contribution is 7.10. The van der Waals surface area contributed by atoms with Gasteiger partial charge in [0.2, 0.25) is 0 Å². The molecule has 0 saturated carbocycles. The van der Waals surface area contributed by atoms with E-state index in [-0.39, 0.29) is 0 Å². The van der Waals surface area contributed by atoms with Crippen molar-refractivity contribution in [1.82, 2.24) is 10.2 Å². The fourth-order valence-corrected chi connectivity index (χ4v) is 6.05. The molecule has 2 aromatic carbocycles. The van der Waals surface area contributed by atoms with Gasteiger partial charge in [-0.1, -0.05) is 60.7 Å². The quantitative estimate of drug-likeness (QED) is 0.636. The molecule has 0 radical (unpaired) electrons. The first-order chi connectivity index (χ1) is 13.8. The predicted octanol–water partition coefficient (Wildman–Crippen LogP) is 5.05. The number of hydrogen-bond donors (Lipinski definition) is 1. The van der Waals surface area contributed by atoms with Gasteiger partial charge in [-0.05, 0) is 53.9 Å². The van der Waals surface area contributed by atoms with Crippen molar-refractivity contribution in [3.63, 3.8) is 0 Å². The van der Waals surface area contributed by atoms with Crippen molar-refractivity contribution in [2.75, 3.05) is 13.1 Å². The summed E-state index contributed by atoms with van der Waals surface area (Å²) in [6.45, 7) is 5.69. The topological polar surface area (TPSA) is 15.3 Å². The van der Waals surface area contributed by atoms with Crippen LogP contribution in [0.15, 0.2) is 72.1 Å². The van der Waals surface area contributed by atoms with Gasteiger partial charge in [-0.15, -0.1) is 11.3 Å². The van der Waals surface area contributed by atoms with Crippen molar-refractivity contribution < 1.29 is 0 Å². The fraction of sp³-hybridized carbons (Fsp3) is 0.360. The van der Waals surface area contributed by atoms with E-state index in [9.17, 15) is 0 Å². The number of aryl methyl sites for hydroxylation is 1. The average Bonchev–Trinajstić information content (AvgIpc) is 3.45. The monoisotopic (exact) mass is 388 g/mol. The Morgan fingerprint density at radius 2 is 1.68 bits per heavy atom. The molecule has 0 spiro atoms. The minimum absolute atomic E-state index is 0.411. The molecule has 144 valence electrons. The van der Waals surface area contributed by atoms with Crippen LogP contribution in [0, 0.1) is 12.8 Å². The number of nitrogens with zero attached hydrogens (tertiary/aromatic N) is 1. The van der Waals surface area contributed by atoms with Crippen LogP contribution in [0.5, 0.6) is 0 Å². The van der Waals surface area contributed by atoms with E-state index in [0.717, 1.165) is 12.5 Å². The van der Waals surface area contributed by atoms with Gasteiger partial charge in [0.1, 0.15) is 0 Å². The molecule has 1 N–H and O–H groups in total. The summed E-state index contributed by atoms with van der Waals surface area (Å²) in [5.74, 6) is 1.17. The van der Waals surface area contributed by atoms with Crippen LogP contribution in [0.2, 0.25) is 0 Å². The molecule has 2 nitrogen and oxygen atoms in total. The number of rotatable bonds is 6. The summed E-state index contributed by atoms with van der Waals surface area (Å²) in [5.41, 5.74) is 4.33. The van der Waals surface area contributed by atoms with Gasteiger partial charge in [0.05, 0.1) is 0 Å². The van der Waals surface area contributed by atoms with Crippen LogP contribution in [0.3, 0.4) is 0 Å². The Morgan fingerprint density at radius 1 is 1.00 bits per heavy atom. The van der Waals surface area contributed by atoms with Gasteiger partial charge in [-0.3, -0.25) is 4.90 Å². The summed E-state index contributed by atoms with van der Waals surface area (Å²) in [4.78, 5) is 4.18. The average molecular weight is 389 g/mol. The number of fused-ring (bicyclic) bond motifs is 2. The van der Waals surface area contributed by atoms with E-state index in [1.54, 1.807) is 0 Å². The largest absolute Gasteiger partial charge is 0.308 e. The first kappa shape index (κ1) is 18.1. The third kappa shape index (κ3) is 3.32. The molecule has 2 aliphatic heterocycles. The van der Waals surface area contributed by atoms with E-state index in [1.165, 1.54) is 41.1 Å². The number of benzene rings is 2. The Morgan fingerprint density at radius 3 is 2.29 bits per heavy atom. The van der Waals surface area contributed by atoms with E-state index in [1.807, 2.05) is 11.3 Å². The predicted molar refractivity (Wildman–Crippen MR) is 118 cm³/mol. The van der Waals surface area contributed by atoms with Gasteiger partial charge in [0, 0.05) is 36.0 Å². The molecule has 3 heteroatoms. The summed E-state index contributed by atoms with van der Waals surface area (Å²) in [5, 5.41) is 6.20. The zero-order valence-electron chi connectivity index (χ0n) is 16.4. The summed E-state index contributed by atoms with van der Waals surface area (Å²) < 4.78 is 0. The van der Waals surface area contributed by atoms with Gasteiger partial charge in [0.25, 0.3) is 0 Å². The van der Waals surface area contributed by atoms with Crippen molar-refractivity contribution in [2.45, 2.75) is 37.9 Å². The van der Waals surface area contributed by atoms with Gasteiger partial charge < -0.3 is 5.32 Å². The minimum atomic E-state index is 0.411. The maximum atomic E-state index is 3.99. The first-order valence-electron chi connectivity index (χ1n) is 10.4. The van der Waals surface area contributed by atoms with Crippen LogP contribution in [0.1, 0.15) is 33.9 Å². The van der Waals surface area contributed by atoms with Crippen LogP contribution >= 0.6 is 11.3 Å².